The molecule has 0 fully saturated rings. The van der Waals surface area contributed by atoms with Gasteiger partial charge in [-0.05, 0) is 26.2 Å². The van der Waals surface area contributed by atoms with E-state index in [0.717, 1.165) is 24.8 Å². The molecule has 0 aromatic carbocycles. The zero-order valence-corrected chi connectivity index (χ0v) is 26.9. The summed E-state index contributed by atoms with van der Waals surface area (Å²) in [6.45, 7) is 9.77. The Bertz CT molecular complexity index is 523. The van der Waals surface area contributed by atoms with Gasteiger partial charge in [-0.3, -0.25) is 0 Å². The van der Waals surface area contributed by atoms with Crippen LogP contribution in [0.2, 0.25) is 0 Å². The minimum atomic E-state index is 0.0142. The minimum Gasteiger partial charge on any atom is -0.478 e. The minimum absolute atomic E-state index is 0.0142. The third-order valence-electron chi connectivity index (χ3n) is 8.44. The third kappa shape index (κ3) is 24.5. The van der Waals surface area contributed by atoms with Crippen LogP contribution < -0.4 is 0 Å². The van der Waals surface area contributed by atoms with Gasteiger partial charge in [0.15, 0.2) is 5.90 Å². The van der Waals surface area contributed by atoms with E-state index >= 15 is 0 Å². The van der Waals surface area contributed by atoms with Crippen LogP contribution in [0.25, 0.3) is 0 Å². The highest BCUT2D eigenvalue weighted by Gasteiger charge is 2.25. The van der Waals surface area contributed by atoms with E-state index in [0.29, 0.717) is 0 Å². The molecule has 226 valence electrons. The van der Waals surface area contributed by atoms with Crippen LogP contribution in [0.15, 0.2) is 4.99 Å². The molecule has 2 nitrogen and oxygen atoms in total. The van der Waals surface area contributed by atoms with Gasteiger partial charge in [-0.15, -0.1) is 0 Å². The summed E-state index contributed by atoms with van der Waals surface area (Å²) in [6.07, 6.45) is 40.2. The molecule has 0 atom stereocenters. The summed E-state index contributed by atoms with van der Waals surface area (Å²) in [5.74, 6) is 1.89. The van der Waals surface area contributed by atoms with Crippen molar-refractivity contribution in [2.24, 2.45) is 10.9 Å². The Morgan fingerprint density at radius 3 is 1.05 bits per heavy atom. The maximum absolute atomic E-state index is 5.68. The van der Waals surface area contributed by atoms with E-state index in [1.807, 2.05) is 0 Å². The van der Waals surface area contributed by atoms with Gasteiger partial charge in [-0.1, -0.05) is 181 Å². The molecule has 0 radical (unpaired) electrons. The molecule has 2 heteroatoms. The van der Waals surface area contributed by atoms with Crippen LogP contribution in [0.5, 0.6) is 0 Å². The predicted octanol–water partition coefficient (Wildman–Crippen LogP) is 12.8. The van der Waals surface area contributed by atoms with Crippen molar-refractivity contribution >= 4 is 5.90 Å². The Balaban J connectivity index is 1.64. The van der Waals surface area contributed by atoms with Gasteiger partial charge in [0.2, 0.25) is 0 Å². The highest BCUT2D eigenvalue weighted by molar-refractivity contribution is 5.78. The second-order valence-corrected chi connectivity index (χ2v) is 13.7. The predicted molar refractivity (Wildman–Crippen MR) is 172 cm³/mol. The summed E-state index contributed by atoms with van der Waals surface area (Å²) < 4.78 is 5.68. The largest absolute Gasteiger partial charge is 0.478 e. The summed E-state index contributed by atoms with van der Waals surface area (Å²) in [5, 5.41) is 0. The molecule has 0 aromatic heterocycles. The number of rotatable bonds is 29. The van der Waals surface area contributed by atoms with Crippen LogP contribution in [0.3, 0.4) is 0 Å². The van der Waals surface area contributed by atoms with Crippen molar-refractivity contribution in [2.75, 3.05) is 6.61 Å². The molecule has 38 heavy (non-hydrogen) atoms. The first-order chi connectivity index (χ1) is 18.5. The maximum Gasteiger partial charge on any atom is 0.183 e. The van der Waals surface area contributed by atoms with E-state index in [1.54, 1.807) is 0 Å². The Kier molecular flexibility index (Phi) is 23.8. The van der Waals surface area contributed by atoms with Crippen LogP contribution in [-0.2, 0) is 4.74 Å². The topological polar surface area (TPSA) is 21.6 Å². The molecule has 1 aliphatic rings. The highest BCUT2D eigenvalue weighted by atomic mass is 16.5. The highest BCUT2D eigenvalue weighted by Crippen LogP contribution is 2.20. The first kappa shape index (κ1) is 35.5. The Labute approximate surface area is 241 Å². The van der Waals surface area contributed by atoms with Crippen molar-refractivity contribution in [1.82, 2.24) is 0 Å². The molecule has 0 aliphatic carbocycles. The van der Waals surface area contributed by atoms with Crippen molar-refractivity contribution in [2.45, 2.75) is 213 Å². The Morgan fingerprint density at radius 2 is 0.789 bits per heavy atom. The zero-order chi connectivity index (χ0) is 27.6. The fourth-order valence-electron chi connectivity index (χ4n) is 5.86. The summed E-state index contributed by atoms with van der Waals surface area (Å²) in [5.41, 5.74) is 0.0142. The lowest BCUT2D eigenvalue weighted by atomic mass is 10.0. The summed E-state index contributed by atoms with van der Waals surface area (Å²) in [7, 11) is 0. The molecule has 1 heterocycles. The SMILES string of the molecule is CC(C)CCCCCCCCCCCCCCCCCCCCCCCCCCCCC1=NC(C)(C)CO1. The van der Waals surface area contributed by atoms with E-state index in [-0.39, 0.29) is 5.54 Å². The van der Waals surface area contributed by atoms with Crippen molar-refractivity contribution in [3.05, 3.63) is 0 Å². The zero-order valence-electron chi connectivity index (χ0n) is 26.9. The van der Waals surface area contributed by atoms with Gasteiger partial charge in [0, 0.05) is 6.42 Å². The molecule has 0 saturated carbocycles. The number of hydrogen-bond donors (Lipinski definition) is 0. The van der Waals surface area contributed by atoms with E-state index in [1.165, 1.54) is 173 Å². The molecule has 0 bridgehead atoms. The van der Waals surface area contributed by atoms with Gasteiger partial charge in [0.05, 0.1) is 5.54 Å². The second kappa shape index (κ2) is 25.4. The summed E-state index contributed by atoms with van der Waals surface area (Å²) in [4.78, 5) is 4.65. The number of aliphatic imine (C=N–C) groups is 1. The van der Waals surface area contributed by atoms with E-state index in [9.17, 15) is 0 Å². The van der Waals surface area contributed by atoms with Gasteiger partial charge in [-0.25, -0.2) is 4.99 Å². The fraction of sp³-hybridized carbons (Fsp3) is 0.972. The van der Waals surface area contributed by atoms with Gasteiger partial charge >= 0.3 is 0 Å². The van der Waals surface area contributed by atoms with Gasteiger partial charge in [0.25, 0.3) is 0 Å². The first-order valence-corrected chi connectivity index (χ1v) is 17.7. The molecule has 0 aromatic rings. The van der Waals surface area contributed by atoms with Gasteiger partial charge < -0.3 is 4.74 Å². The molecule has 1 rings (SSSR count). The van der Waals surface area contributed by atoms with Crippen molar-refractivity contribution in [1.29, 1.82) is 0 Å². The Morgan fingerprint density at radius 1 is 0.500 bits per heavy atom. The lowest BCUT2D eigenvalue weighted by molar-refractivity contribution is 0.273. The molecule has 1 aliphatic heterocycles. The molecule has 0 N–H and O–H groups in total. The smallest absolute Gasteiger partial charge is 0.183 e. The van der Waals surface area contributed by atoms with E-state index < -0.39 is 0 Å². The van der Waals surface area contributed by atoms with Crippen molar-refractivity contribution in [3.8, 4) is 0 Å². The van der Waals surface area contributed by atoms with Crippen molar-refractivity contribution < 1.29 is 4.74 Å². The van der Waals surface area contributed by atoms with Gasteiger partial charge in [0.1, 0.15) is 6.61 Å². The van der Waals surface area contributed by atoms with Crippen LogP contribution in [0, 0.1) is 5.92 Å². The number of unbranched alkanes of at least 4 members (excludes halogenated alkanes) is 25. The lowest BCUT2D eigenvalue weighted by Crippen LogP contribution is -2.17. The number of hydrogen-bond acceptors (Lipinski definition) is 2. The van der Waals surface area contributed by atoms with Crippen LogP contribution in [-0.4, -0.2) is 18.0 Å². The quantitative estimate of drug-likeness (QED) is 0.0876. The molecular formula is C36H71NO. The summed E-state index contributed by atoms with van der Waals surface area (Å²) >= 11 is 0. The van der Waals surface area contributed by atoms with Crippen LogP contribution in [0.1, 0.15) is 207 Å². The molecule has 0 unspecified atom stereocenters. The number of nitrogens with zero attached hydrogens (tertiary/aromatic N) is 1. The first-order valence-electron chi connectivity index (χ1n) is 17.7. The Hall–Kier alpha value is -0.530. The fourth-order valence-corrected chi connectivity index (χ4v) is 5.86. The van der Waals surface area contributed by atoms with Gasteiger partial charge in [-0.2, -0.15) is 0 Å². The maximum atomic E-state index is 5.68. The second-order valence-electron chi connectivity index (χ2n) is 13.7. The molecule has 0 saturated heterocycles. The third-order valence-corrected chi connectivity index (χ3v) is 8.44. The lowest BCUT2D eigenvalue weighted by Gasteiger charge is -2.07. The molecular weight excluding hydrogens is 462 g/mol. The van der Waals surface area contributed by atoms with Crippen LogP contribution in [0.4, 0.5) is 0 Å². The molecule has 0 amide bonds. The summed E-state index contributed by atoms with van der Waals surface area (Å²) in [6, 6.07) is 0. The average Bonchev–Trinajstić information content (AvgIpc) is 3.23. The monoisotopic (exact) mass is 534 g/mol. The van der Waals surface area contributed by atoms with Crippen LogP contribution >= 0.6 is 0 Å². The number of ether oxygens (including phenoxy) is 1. The standard InChI is InChI=1S/C36H71NO/c1-34(2)31-29-27-25-23-21-19-17-15-13-11-9-7-5-6-8-10-12-14-16-18-20-22-24-26-28-30-32-35-37-36(3,4)33-38-35/h34H,5-33H2,1-4H3. The normalized spacial score (nSPS) is 14.8. The van der Waals surface area contributed by atoms with E-state index in [2.05, 4.69) is 32.7 Å². The average molecular weight is 534 g/mol. The van der Waals surface area contributed by atoms with E-state index in [4.69, 9.17) is 4.74 Å². The van der Waals surface area contributed by atoms with Crippen molar-refractivity contribution in [3.63, 3.8) is 0 Å². The molecule has 0 spiro atoms.